The van der Waals surface area contributed by atoms with Crippen LogP contribution in [0.5, 0.6) is 0 Å². The van der Waals surface area contributed by atoms with Gasteiger partial charge in [0.25, 0.3) is 0 Å². The van der Waals surface area contributed by atoms with Crippen LogP contribution in [0.3, 0.4) is 0 Å². The Kier molecular flexibility index (Phi) is 8.03. The fourth-order valence-corrected chi connectivity index (χ4v) is 5.97. The molecule has 0 fully saturated rings. The molecule has 37 heavy (non-hydrogen) atoms. The summed E-state index contributed by atoms with van der Waals surface area (Å²) in [5, 5.41) is 8.97. The highest BCUT2D eigenvalue weighted by Crippen LogP contribution is 2.47. The van der Waals surface area contributed by atoms with E-state index in [0.29, 0.717) is 6.54 Å². The second-order valence-electron chi connectivity index (χ2n) is 11.2. The van der Waals surface area contributed by atoms with Crippen LogP contribution < -0.4 is 10.6 Å². The van der Waals surface area contributed by atoms with Crippen LogP contribution in [-0.4, -0.2) is 41.0 Å². The third kappa shape index (κ3) is 5.28. The van der Waals surface area contributed by atoms with Gasteiger partial charge in [-0.15, -0.1) is 0 Å². The van der Waals surface area contributed by atoms with Gasteiger partial charge in [0.15, 0.2) is 12.3 Å². The minimum Gasteiger partial charge on any atom is -0.481 e. The molecule has 0 radical (unpaired) electrons. The third-order valence-corrected chi connectivity index (χ3v) is 7.97. The highest BCUT2D eigenvalue weighted by atomic mass is 16.4. The van der Waals surface area contributed by atoms with Crippen molar-refractivity contribution in [1.29, 1.82) is 0 Å². The number of fused-ring (bicyclic) bond motifs is 2. The van der Waals surface area contributed by atoms with Crippen molar-refractivity contribution in [2.45, 2.75) is 70.6 Å². The first-order valence-corrected chi connectivity index (χ1v) is 13.6. The minimum absolute atomic E-state index is 0.0851. The largest absolute Gasteiger partial charge is 0.481 e. The Morgan fingerprint density at radius 1 is 0.946 bits per heavy atom. The molecule has 0 bridgehead atoms. The quantitative estimate of drug-likeness (QED) is 0.281. The number of benzene rings is 2. The van der Waals surface area contributed by atoms with Gasteiger partial charge in [0, 0.05) is 53.9 Å². The monoisotopic (exact) mass is 500 g/mol. The number of carboxylic acid groups (broad SMARTS) is 1. The zero-order valence-electron chi connectivity index (χ0n) is 22.8. The molecule has 0 spiro atoms. The number of unbranched alkanes of at least 4 members (excludes halogenated alkanes) is 2. The Labute approximate surface area is 222 Å². The van der Waals surface area contributed by atoms with Gasteiger partial charge >= 0.3 is 5.97 Å². The van der Waals surface area contributed by atoms with E-state index < -0.39 is 5.97 Å². The van der Waals surface area contributed by atoms with Crippen molar-refractivity contribution in [1.82, 2.24) is 0 Å². The van der Waals surface area contributed by atoms with Crippen molar-refractivity contribution in [3.63, 3.8) is 0 Å². The molecule has 2 aromatic rings. The molecular formula is C32H42N3O2+. The number of carboxylic acids is 1. The first-order valence-electron chi connectivity index (χ1n) is 13.6. The number of aliphatic carboxylic acids is 1. The fraction of sp³-hybridized carbons (Fsp3) is 0.438. The molecule has 5 nitrogen and oxygen atoms in total. The van der Waals surface area contributed by atoms with Gasteiger partial charge in [-0.3, -0.25) is 4.79 Å². The number of anilines is 1. The first kappa shape index (κ1) is 26.9. The lowest BCUT2D eigenvalue weighted by molar-refractivity contribution is -0.437. The van der Waals surface area contributed by atoms with E-state index in [4.69, 9.17) is 10.8 Å². The lowest BCUT2D eigenvalue weighted by Gasteiger charge is -2.27. The molecule has 2 aliphatic rings. The van der Waals surface area contributed by atoms with E-state index in [1.807, 2.05) is 0 Å². The fourth-order valence-electron chi connectivity index (χ4n) is 5.97. The molecule has 0 amide bonds. The Morgan fingerprint density at radius 3 is 2.38 bits per heavy atom. The van der Waals surface area contributed by atoms with Gasteiger partial charge in [-0.2, -0.15) is 4.58 Å². The Morgan fingerprint density at radius 2 is 1.65 bits per heavy atom. The van der Waals surface area contributed by atoms with Crippen LogP contribution in [0, 0.1) is 0 Å². The number of rotatable bonds is 11. The van der Waals surface area contributed by atoms with E-state index >= 15 is 0 Å². The van der Waals surface area contributed by atoms with Crippen molar-refractivity contribution >= 4 is 23.1 Å². The Hall–Kier alpha value is -3.18. The predicted octanol–water partition coefficient (Wildman–Crippen LogP) is 6.29. The Bertz CT molecular complexity index is 1240. The number of nitrogens with two attached hydrogens (primary N) is 1. The number of allylic oxidation sites excluding steroid dienone is 4. The molecule has 0 saturated carbocycles. The normalized spacial score (nSPS) is 18.6. The lowest BCUT2D eigenvalue weighted by Crippen LogP contribution is -2.28. The van der Waals surface area contributed by atoms with E-state index in [-0.39, 0.29) is 17.3 Å². The number of nitrogens with zero attached hydrogens (tertiary/aromatic N) is 2. The van der Waals surface area contributed by atoms with Crippen LogP contribution in [0.2, 0.25) is 0 Å². The minimum atomic E-state index is -0.714. The highest BCUT2D eigenvalue weighted by molar-refractivity contribution is 6.03. The summed E-state index contributed by atoms with van der Waals surface area (Å²) >= 11 is 0. The van der Waals surface area contributed by atoms with Gasteiger partial charge < -0.3 is 15.7 Å². The molecular weight excluding hydrogens is 458 g/mol. The molecule has 5 heteroatoms. The summed E-state index contributed by atoms with van der Waals surface area (Å²) in [7, 11) is 0. The smallest absolute Gasteiger partial charge is 0.303 e. The highest BCUT2D eigenvalue weighted by Gasteiger charge is 2.44. The summed E-state index contributed by atoms with van der Waals surface area (Å²) in [4.78, 5) is 13.3. The summed E-state index contributed by atoms with van der Waals surface area (Å²) in [6.45, 7) is 11.7. The topological polar surface area (TPSA) is 69.6 Å². The van der Waals surface area contributed by atoms with Crippen LogP contribution >= 0.6 is 0 Å². The van der Waals surface area contributed by atoms with E-state index in [1.165, 1.54) is 33.9 Å². The van der Waals surface area contributed by atoms with Gasteiger partial charge in [-0.1, -0.05) is 62.7 Å². The number of carbonyl (C=O) groups is 1. The van der Waals surface area contributed by atoms with Crippen LogP contribution in [0.15, 0.2) is 72.5 Å². The molecule has 2 aromatic carbocycles. The number of hydrogen-bond donors (Lipinski definition) is 2. The molecule has 196 valence electrons. The van der Waals surface area contributed by atoms with E-state index in [0.717, 1.165) is 38.8 Å². The first-order chi connectivity index (χ1) is 17.7. The van der Waals surface area contributed by atoms with Gasteiger partial charge in [0.05, 0.1) is 5.41 Å². The van der Waals surface area contributed by atoms with Crippen molar-refractivity contribution < 1.29 is 14.5 Å². The zero-order chi connectivity index (χ0) is 26.6. The summed E-state index contributed by atoms with van der Waals surface area (Å²) < 4.78 is 2.44. The zero-order valence-corrected chi connectivity index (χ0v) is 22.8. The third-order valence-electron chi connectivity index (χ3n) is 7.97. The SMILES string of the molecule is CC1(C)C(=CC=CC2=[N+](CCCN)c3ccccc3C2(C)C)N(CCCCCC(=O)O)c2ccccc21. The second kappa shape index (κ2) is 11.1. The molecule has 4 rings (SSSR count). The van der Waals surface area contributed by atoms with E-state index in [1.54, 1.807) is 0 Å². The van der Waals surface area contributed by atoms with Gasteiger partial charge in [-0.25, -0.2) is 0 Å². The molecule has 0 unspecified atom stereocenters. The van der Waals surface area contributed by atoms with Crippen molar-refractivity contribution in [3.05, 3.63) is 83.6 Å². The molecule has 0 aromatic heterocycles. The van der Waals surface area contributed by atoms with Gasteiger partial charge in [0.1, 0.15) is 0 Å². The van der Waals surface area contributed by atoms with E-state index in [2.05, 4.69) is 104 Å². The number of hydrogen-bond acceptors (Lipinski definition) is 3. The average molecular weight is 501 g/mol. The second-order valence-corrected chi connectivity index (χ2v) is 11.2. The summed E-state index contributed by atoms with van der Waals surface area (Å²) in [5.41, 5.74) is 13.5. The van der Waals surface area contributed by atoms with Crippen molar-refractivity contribution in [2.75, 3.05) is 24.5 Å². The van der Waals surface area contributed by atoms with Crippen LogP contribution in [0.1, 0.15) is 70.9 Å². The predicted molar refractivity (Wildman–Crippen MR) is 153 cm³/mol. The molecule has 2 aliphatic heterocycles. The number of para-hydroxylation sites is 2. The molecule has 2 heterocycles. The molecule has 3 N–H and O–H groups in total. The molecule has 0 saturated heterocycles. The maximum Gasteiger partial charge on any atom is 0.303 e. The van der Waals surface area contributed by atoms with Gasteiger partial charge in [0.2, 0.25) is 5.69 Å². The lowest BCUT2D eigenvalue weighted by atomic mass is 9.81. The van der Waals surface area contributed by atoms with Crippen molar-refractivity contribution in [2.24, 2.45) is 5.73 Å². The summed E-state index contributed by atoms with van der Waals surface area (Å²) in [6, 6.07) is 17.4. The summed E-state index contributed by atoms with van der Waals surface area (Å²) in [5.74, 6) is -0.714. The Balaban J connectivity index is 1.65. The van der Waals surface area contributed by atoms with Gasteiger partial charge in [-0.05, 0) is 50.9 Å². The maximum absolute atomic E-state index is 10.9. The van der Waals surface area contributed by atoms with Crippen LogP contribution in [-0.2, 0) is 15.6 Å². The van der Waals surface area contributed by atoms with E-state index in [9.17, 15) is 4.79 Å². The van der Waals surface area contributed by atoms with Crippen LogP contribution in [0.25, 0.3) is 0 Å². The maximum atomic E-state index is 10.9. The average Bonchev–Trinajstić information content (AvgIpc) is 3.22. The summed E-state index contributed by atoms with van der Waals surface area (Å²) in [6.07, 6.45) is 10.6. The van der Waals surface area contributed by atoms with Crippen LogP contribution in [0.4, 0.5) is 11.4 Å². The standard InChI is InChI=1S/C32H41N3O2/c1-31(2)24-14-7-9-16-26(24)34(22-11-5-6-20-30(36)37)28(31)18-12-19-29-32(3,4)25-15-8-10-17-27(25)35(29)23-13-21-33/h7-10,12,14-19H,5-6,11,13,20-23,33H2,1-4H3/p+1. The molecule has 0 aliphatic carbocycles. The molecule has 0 atom stereocenters. The van der Waals surface area contributed by atoms with Crippen molar-refractivity contribution in [3.8, 4) is 0 Å².